The molecule has 0 atom stereocenters. The highest BCUT2D eigenvalue weighted by molar-refractivity contribution is 9.10. The maximum Gasteiger partial charge on any atom is 0.343 e. The van der Waals surface area contributed by atoms with Gasteiger partial charge in [0.15, 0.2) is 11.5 Å². The molecule has 0 radical (unpaired) electrons. The summed E-state index contributed by atoms with van der Waals surface area (Å²) in [6.07, 6.45) is 1.71. The highest BCUT2D eigenvalue weighted by Crippen LogP contribution is 2.29. The molecule has 0 bridgehead atoms. The number of amides is 1. The number of benzene rings is 4. The van der Waals surface area contributed by atoms with Gasteiger partial charge in [0.1, 0.15) is 0 Å². The number of nitrogens with one attached hydrogen (secondary N) is 1. The van der Waals surface area contributed by atoms with E-state index in [0.29, 0.717) is 29.2 Å². The maximum absolute atomic E-state index is 12.5. The summed E-state index contributed by atoms with van der Waals surface area (Å²) in [5.74, 6) is 0.0188. The molecule has 0 spiro atoms. The summed E-state index contributed by atoms with van der Waals surface area (Å²) in [4.78, 5) is 24.9. The first kappa shape index (κ1) is 24.2. The molecule has 0 aliphatic heterocycles. The number of nitrogens with zero attached hydrogens (tertiary/aromatic N) is 1. The Labute approximate surface area is 211 Å². The average molecular weight is 531 g/mol. The lowest BCUT2D eigenvalue weighted by molar-refractivity contribution is -0.120. The molecule has 0 unspecified atom stereocenters. The van der Waals surface area contributed by atoms with Gasteiger partial charge in [0.2, 0.25) is 5.91 Å². The molecule has 0 aliphatic rings. The molecule has 0 saturated carbocycles. The smallest absolute Gasteiger partial charge is 0.343 e. The van der Waals surface area contributed by atoms with Crippen molar-refractivity contribution in [1.82, 2.24) is 5.43 Å². The van der Waals surface area contributed by atoms with E-state index in [2.05, 4.69) is 26.5 Å². The molecule has 1 amide bonds. The Kier molecular flexibility index (Phi) is 7.90. The fourth-order valence-corrected chi connectivity index (χ4v) is 4.04. The summed E-state index contributed by atoms with van der Waals surface area (Å²) in [6.45, 7) is 2.24. The zero-order valence-corrected chi connectivity index (χ0v) is 20.6. The predicted octanol–water partition coefficient (Wildman–Crippen LogP) is 5.91. The van der Waals surface area contributed by atoms with E-state index in [1.807, 2.05) is 49.4 Å². The fourth-order valence-electron chi connectivity index (χ4n) is 3.56. The zero-order chi connectivity index (χ0) is 24.6. The Morgan fingerprint density at radius 1 is 0.914 bits per heavy atom. The number of hydrogen-bond acceptors (Lipinski definition) is 5. The van der Waals surface area contributed by atoms with Gasteiger partial charge in [-0.25, -0.2) is 10.2 Å². The molecule has 0 aliphatic carbocycles. The molecule has 4 aromatic carbocycles. The summed E-state index contributed by atoms with van der Waals surface area (Å²) >= 11 is 3.55. The monoisotopic (exact) mass is 530 g/mol. The number of esters is 1. The molecule has 0 saturated heterocycles. The van der Waals surface area contributed by atoms with Crippen LogP contribution < -0.4 is 14.9 Å². The molecule has 0 fully saturated rings. The van der Waals surface area contributed by atoms with Crippen LogP contribution in [0, 0.1) is 0 Å². The van der Waals surface area contributed by atoms with E-state index in [1.54, 1.807) is 42.5 Å². The minimum absolute atomic E-state index is 0.198. The first-order valence-electron chi connectivity index (χ1n) is 11.1. The predicted molar refractivity (Wildman–Crippen MR) is 140 cm³/mol. The summed E-state index contributed by atoms with van der Waals surface area (Å²) in [6, 6.07) is 25.6. The van der Waals surface area contributed by atoms with Crippen LogP contribution in [0.2, 0.25) is 0 Å². The van der Waals surface area contributed by atoms with Gasteiger partial charge in [-0.15, -0.1) is 0 Å². The Balaban J connectivity index is 1.42. The minimum atomic E-state index is -0.472. The molecule has 0 aromatic heterocycles. The van der Waals surface area contributed by atoms with Crippen molar-refractivity contribution in [3.63, 3.8) is 0 Å². The van der Waals surface area contributed by atoms with E-state index in [4.69, 9.17) is 9.47 Å². The lowest BCUT2D eigenvalue weighted by Crippen LogP contribution is -2.20. The van der Waals surface area contributed by atoms with Crippen molar-refractivity contribution in [2.45, 2.75) is 13.3 Å². The van der Waals surface area contributed by atoms with E-state index >= 15 is 0 Å². The lowest BCUT2D eigenvalue weighted by Gasteiger charge is -2.11. The zero-order valence-electron chi connectivity index (χ0n) is 19.0. The van der Waals surface area contributed by atoms with Gasteiger partial charge >= 0.3 is 5.97 Å². The quantitative estimate of drug-likeness (QED) is 0.133. The van der Waals surface area contributed by atoms with Gasteiger partial charge in [-0.05, 0) is 65.2 Å². The number of fused-ring (bicyclic) bond motifs is 1. The van der Waals surface area contributed by atoms with Crippen molar-refractivity contribution in [2.75, 3.05) is 6.61 Å². The number of carbonyl (C=O) groups excluding carboxylic acids is 2. The number of hydrazone groups is 1. The van der Waals surface area contributed by atoms with E-state index < -0.39 is 5.97 Å². The van der Waals surface area contributed by atoms with E-state index in [9.17, 15) is 9.59 Å². The number of ether oxygens (including phenoxy) is 2. The standard InChI is InChI=1S/C28H23BrN2O4/c1-2-34-26-16-19(12-15-25(26)35-28(33)20-8-4-3-5-9-20)18-30-31-27(32)17-21-13-14-24(29)23-11-7-6-10-22(21)23/h3-16,18H,2,17H2,1H3,(H,31,32)/b30-18-. The Morgan fingerprint density at radius 3 is 2.43 bits per heavy atom. The van der Waals surface area contributed by atoms with Crippen LogP contribution >= 0.6 is 15.9 Å². The van der Waals surface area contributed by atoms with Crippen molar-refractivity contribution in [3.8, 4) is 11.5 Å². The maximum atomic E-state index is 12.5. The van der Waals surface area contributed by atoms with Gasteiger partial charge in [-0.3, -0.25) is 4.79 Å². The molecule has 176 valence electrons. The van der Waals surface area contributed by atoms with Crippen LogP contribution in [-0.4, -0.2) is 24.7 Å². The SMILES string of the molecule is CCOc1cc(/C=N\NC(=O)Cc2ccc(Br)c3ccccc23)ccc1OC(=O)c1ccccc1. The third-order valence-electron chi connectivity index (χ3n) is 5.19. The van der Waals surface area contributed by atoms with Crippen LogP contribution in [0.15, 0.2) is 94.5 Å². The van der Waals surface area contributed by atoms with Gasteiger partial charge in [0, 0.05) is 4.47 Å². The van der Waals surface area contributed by atoms with E-state index in [-0.39, 0.29) is 12.3 Å². The molecule has 6 nitrogen and oxygen atoms in total. The molecule has 0 heterocycles. The van der Waals surface area contributed by atoms with Crippen molar-refractivity contribution in [2.24, 2.45) is 5.10 Å². The highest BCUT2D eigenvalue weighted by Gasteiger charge is 2.13. The Morgan fingerprint density at radius 2 is 1.66 bits per heavy atom. The third kappa shape index (κ3) is 6.13. The normalized spacial score (nSPS) is 10.9. The number of rotatable bonds is 8. The average Bonchev–Trinajstić information content (AvgIpc) is 2.88. The van der Waals surface area contributed by atoms with Crippen LogP contribution in [0.1, 0.15) is 28.4 Å². The van der Waals surface area contributed by atoms with E-state index in [1.165, 1.54) is 6.21 Å². The molecule has 4 rings (SSSR count). The van der Waals surface area contributed by atoms with Crippen LogP contribution in [-0.2, 0) is 11.2 Å². The molecule has 35 heavy (non-hydrogen) atoms. The van der Waals surface area contributed by atoms with Crippen molar-refractivity contribution >= 4 is 44.8 Å². The minimum Gasteiger partial charge on any atom is -0.490 e. The second-order valence-electron chi connectivity index (χ2n) is 7.62. The van der Waals surface area contributed by atoms with Gasteiger partial charge in [-0.2, -0.15) is 5.10 Å². The Bertz CT molecular complexity index is 1390. The number of hydrogen-bond donors (Lipinski definition) is 1. The lowest BCUT2D eigenvalue weighted by atomic mass is 10.0. The van der Waals surface area contributed by atoms with Crippen LogP contribution in [0.25, 0.3) is 10.8 Å². The largest absolute Gasteiger partial charge is 0.490 e. The van der Waals surface area contributed by atoms with Crippen molar-refractivity contribution < 1.29 is 19.1 Å². The van der Waals surface area contributed by atoms with Gasteiger partial charge in [-0.1, -0.05) is 64.5 Å². The second kappa shape index (κ2) is 11.4. The highest BCUT2D eigenvalue weighted by atomic mass is 79.9. The fraction of sp³-hybridized carbons (Fsp3) is 0.107. The van der Waals surface area contributed by atoms with Gasteiger partial charge < -0.3 is 9.47 Å². The molecular weight excluding hydrogens is 508 g/mol. The van der Waals surface area contributed by atoms with Crippen LogP contribution in [0.3, 0.4) is 0 Å². The number of carbonyl (C=O) groups is 2. The summed E-state index contributed by atoms with van der Waals surface area (Å²) < 4.78 is 12.1. The van der Waals surface area contributed by atoms with E-state index in [0.717, 1.165) is 20.8 Å². The molecule has 1 N–H and O–H groups in total. The number of halogens is 1. The summed E-state index contributed by atoms with van der Waals surface area (Å²) in [7, 11) is 0. The molecule has 7 heteroatoms. The second-order valence-corrected chi connectivity index (χ2v) is 8.47. The first-order valence-corrected chi connectivity index (χ1v) is 11.9. The topological polar surface area (TPSA) is 77.0 Å². The van der Waals surface area contributed by atoms with Crippen molar-refractivity contribution in [3.05, 3.63) is 106 Å². The molecule has 4 aromatic rings. The third-order valence-corrected chi connectivity index (χ3v) is 5.89. The van der Waals surface area contributed by atoms with Crippen molar-refractivity contribution in [1.29, 1.82) is 0 Å². The first-order chi connectivity index (χ1) is 17.0. The van der Waals surface area contributed by atoms with Gasteiger partial charge in [0.25, 0.3) is 0 Å². The van der Waals surface area contributed by atoms with Gasteiger partial charge in [0.05, 0.1) is 24.8 Å². The van der Waals surface area contributed by atoms with Crippen LogP contribution in [0.4, 0.5) is 0 Å². The summed E-state index contributed by atoms with van der Waals surface area (Å²) in [5.41, 5.74) is 4.62. The Hall–Kier alpha value is -3.97. The molecular formula is C28H23BrN2O4. The summed E-state index contributed by atoms with van der Waals surface area (Å²) in [5, 5.41) is 6.15. The van der Waals surface area contributed by atoms with Crippen LogP contribution in [0.5, 0.6) is 11.5 Å².